The molecule has 0 spiro atoms. The minimum Gasteiger partial charge on any atom is -0.462 e. The van der Waals surface area contributed by atoms with Gasteiger partial charge in [0.2, 0.25) is 0 Å². The lowest BCUT2D eigenvalue weighted by Gasteiger charge is -2.06. The maximum Gasteiger partial charge on any atom is 0.338 e. The highest BCUT2D eigenvalue weighted by molar-refractivity contribution is 7.80. The van der Waals surface area contributed by atoms with Gasteiger partial charge in [-0.25, -0.2) is 4.79 Å². The molecule has 6 heteroatoms. The highest BCUT2D eigenvalue weighted by atomic mass is 32.1. The summed E-state index contributed by atoms with van der Waals surface area (Å²) in [5.74, 6) is -0.364. The van der Waals surface area contributed by atoms with Crippen LogP contribution in [0.3, 0.4) is 0 Å². The third-order valence-electron chi connectivity index (χ3n) is 1.82. The third kappa shape index (κ3) is 4.09. The van der Waals surface area contributed by atoms with Crippen LogP contribution in [0, 0.1) is 11.5 Å². The van der Waals surface area contributed by atoms with Crippen molar-refractivity contribution >= 4 is 29.0 Å². The molecule has 1 aromatic carbocycles. The van der Waals surface area contributed by atoms with Gasteiger partial charge in [-0.15, -0.1) is 0 Å². The Labute approximate surface area is 104 Å². The van der Waals surface area contributed by atoms with Crippen LogP contribution in [0.4, 0.5) is 5.69 Å². The van der Waals surface area contributed by atoms with Crippen LogP contribution in [0.2, 0.25) is 0 Å². The molecule has 0 atom stereocenters. The van der Waals surface area contributed by atoms with E-state index in [2.05, 4.69) is 10.6 Å². The summed E-state index contributed by atoms with van der Waals surface area (Å²) in [7, 11) is 0. The summed E-state index contributed by atoms with van der Waals surface area (Å²) in [6, 6.07) is 6.60. The molecule has 0 heterocycles. The van der Waals surface area contributed by atoms with Crippen molar-refractivity contribution in [2.45, 2.75) is 6.92 Å². The van der Waals surface area contributed by atoms with Crippen LogP contribution in [0.1, 0.15) is 17.3 Å². The number of esters is 1. The van der Waals surface area contributed by atoms with Crippen LogP contribution in [-0.2, 0) is 4.74 Å². The normalized spacial score (nSPS) is 8.94. The minimum atomic E-state index is -0.364. The Bertz CT molecular complexity index is 451. The molecule has 2 N–H and O–H groups in total. The van der Waals surface area contributed by atoms with Crippen molar-refractivity contribution in [3.05, 3.63) is 29.8 Å². The fraction of sp³-hybridized carbons (Fsp3) is 0.182. The molecule has 0 unspecified atom stereocenters. The van der Waals surface area contributed by atoms with E-state index < -0.39 is 0 Å². The monoisotopic (exact) mass is 249 g/mol. The number of nitrogens with zero attached hydrogens (tertiary/aromatic N) is 1. The van der Waals surface area contributed by atoms with Gasteiger partial charge in [-0.1, -0.05) is 0 Å². The SMILES string of the molecule is CCOC(=O)c1ccc(NC(=S)NC#N)cc1. The summed E-state index contributed by atoms with van der Waals surface area (Å²) in [6.07, 6.45) is 1.71. The lowest BCUT2D eigenvalue weighted by atomic mass is 10.2. The first kappa shape index (κ1) is 12.9. The molecule has 0 aliphatic heterocycles. The number of carbonyl (C=O) groups excluding carboxylic acids is 1. The first-order valence-electron chi connectivity index (χ1n) is 4.90. The molecular formula is C11H11N3O2S. The zero-order chi connectivity index (χ0) is 12.7. The number of carbonyl (C=O) groups is 1. The molecular weight excluding hydrogens is 238 g/mol. The molecule has 0 amide bonds. The number of benzene rings is 1. The zero-order valence-corrected chi connectivity index (χ0v) is 10.0. The van der Waals surface area contributed by atoms with E-state index in [1.54, 1.807) is 37.4 Å². The molecule has 0 saturated heterocycles. The molecule has 1 rings (SSSR count). The zero-order valence-electron chi connectivity index (χ0n) is 9.19. The second-order valence-electron chi connectivity index (χ2n) is 2.99. The smallest absolute Gasteiger partial charge is 0.338 e. The molecule has 88 valence electrons. The van der Waals surface area contributed by atoms with Crippen LogP contribution in [0.15, 0.2) is 24.3 Å². The second kappa shape index (κ2) is 6.45. The second-order valence-corrected chi connectivity index (χ2v) is 3.40. The van der Waals surface area contributed by atoms with Crippen molar-refractivity contribution in [2.75, 3.05) is 11.9 Å². The minimum absolute atomic E-state index is 0.205. The average Bonchev–Trinajstić information content (AvgIpc) is 2.30. The van der Waals surface area contributed by atoms with Crippen molar-refractivity contribution in [1.82, 2.24) is 5.32 Å². The quantitative estimate of drug-likeness (QED) is 0.367. The lowest BCUT2D eigenvalue weighted by Crippen LogP contribution is -2.23. The molecule has 5 nitrogen and oxygen atoms in total. The van der Waals surface area contributed by atoms with Crippen molar-refractivity contribution in [1.29, 1.82) is 5.26 Å². The molecule has 0 bridgehead atoms. The van der Waals surface area contributed by atoms with Crippen LogP contribution in [0.25, 0.3) is 0 Å². The standard InChI is InChI=1S/C11H11N3O2S/c1-2-16-10(15)8-3-5-9(6-4-8)14-11(17)13-7-12/h3-6H,2H2,1H3,(H2,13,14,17). The summed E-state index contributed by atoms with van der Waals surface area (Å²) in [4.78, 5) is 11.4. The molecule has 0 aromatic heterocycles. The van der Waals surface area contributed by atoms with Crippen molar-refractivity contribution in [3.63, 3.8) is 0 Å². The van der Waals surface area contributed by atoms with Gasteiger partial charge >= 0.3 is 5.97 Å². The van der Waals surface area contributed by atoms with Crippen LogP contribution in [0.5, 0.6) is 0 Å². The predicted molar refractivity (Wildman–Crippen MR) is 67.4 cm³/mol. The van der Waals surface area contributed by atoms with Crippen LogP contribution < -0.4 is 10.6 Å². The number of nitrogens with one attached hydrogen (secondary N) is 2. The molecule has 1 aromatic rings. The Morgan fingerprint density at radius 1 is 1.47 bits per heavy atom. The van der Waals surface area contributed by atoms with E-state index in [1.807, 2.05) is 0 Å². The molecule has 0 saturated carbocycles. The number of hydrogen-bond donors (Lipinski definition) is 2. The van der Waals surface area contributed by atoms with Gasteiger partial charge < -0.3 is 10.1 Å². The van der Waals surface area contributed by atoms with Gasteiger partial charge in [0.05, 0.1) is 12.2 Å². The Hall–Kier alpha value is -2.13. The summed E-state index contributed by atoms with van der Waals surface area (Å²) in [5.41, 5.74) is 1.15. The first-order valence-corrected chi connectivity index (χ1v) is 5.31. The number of rotatable bonds is 3. The fourth-order valence-corrected chi connectivity index (χ4v) is 1.28. The molecule has 0 radical (unpaired) electrons. The molecule has 17 heavy (non-hydrogen) atoms. The van der Waals surface area contributed by atoms with Gasteiger partial charge in [0, 0.05) is 5.69 Å². The van der Waals surface area contributed by atoms with Gasteiger partial charge in [-0.3, -0.25) is 5.32 Å². The lowest BCUT2D eigenvalue weighted by molar-refractivity contribution is 0.0526. The van der Waals surface area contributed by atoms with E-state index in [1.165, 1.54) is 0 Å². The molecule has 0 aliphatic carbocycles. The summed E-state index contributed by atoms with van der Waals surface area (Å²) in [6.45, 7) is 2.09. The predicted octanol–water partition coefficient (Wildman–Crippen LogP) is 1.63. The van der Waals surface area contributed by atoms with E-state index in [0.717, 1.165) is 0 Å². The van der Waals surface area contributed by atoms with E-state index in [9.17, 15) is 4.79 Å². The topological polar surface area (TPSA) is 74.2 Å². The van der Waals surface area contributed by atoms with Crippen molar-refractivity contribution in [3.8, 4) is 6.19 Å². The largest absolute Gasteiger partial charge is 0.462 e. The Balaban J connectivity index is 2.65. The van der Waals surface area contributed by atoms with Gasteiger partial charge in [0.25, 0.3) is 0 Å². The van der Waals surface area contributed by atoms with E-state index in [0.29, 0.717) is 17.9 Å². The highest BCUT2D eigenvalue weighted by Gasteiger charge is 2.05. The summed E-state index contributed by atoms with van der Waals surface area (Å²) < 4.78 is 4.85. The summed E-state index contributed by atoms with van der Waals surface area (Å²) in [5, 5.41) is 13.6. The molecule has 0 aliphatic rings. The molecule has 0 fully saturated rings. The number of ether oxygens (including phenoxy) is 1. The van der Waals surface area contributed by atoms with E-state index in [4.69, 9.17) is 22.2 Å². The van der Waals surface area contributed by atoms with Crippen LogP contribution >= 0.6 is 12.2 Å². The Kier molecular flexibility index (Phi) is 4.91. The maximum atomic E-state index is 11.4. The van der Waals surface area contributed by atoms with Crippen LogP contribution in [-0.4, -0.2) is 17.7 Å². The van der Waals surface area contributed by atoms with Gasteiger partial charge in [-0.2, -0.15) is 5.26 Å². The van der Waals surface area contributed by atoms with E-state index >= 15 is 0 Å². The van der Waals surface area contributed by atoms with Gasteiger partial charge in [0.1, 0.15) is 0 Å². The van der Waals surface area contributed by atoms with Crippen molar-refractivity contribution in [2.24, 2.45) is 0 Å². The first-order chi connectivity index (χ1) is 8.17. The fourth-order valence-electron chi connectivity index (χ4n) is 1.12. The highest BCUT2D eigenvalue weighted by Crippen LogP contribution is 2.10. The third-order valence-corrected chi connectivity index (χ3v) is 2.03. The number of nitriles is 1. The maximum absolute atomic E-state index is 11.4. The Morgan fingerprint density at radius 2 is 2.12 bits per heavy atom. The van der Waals surface area contributed by atoms with Crippen molar-refractivity contribution < 1.29 is 9.53 Å². The van der Waals surface area contributed by atoms with Gasteiger partial charge in [0.15, 0.2) is 11.3 Å². The van der Waals surface area contributed by atoms with Gasteiger partial charge in [-0.05, 0) is 43.4 Å². The summed E-state index contributed by atoms with van der Waals surface area (Å²) >= 11 is 4.82. The van der Waals surface area contributed by atoms with E-state index in [-0.39, 0.29) is 11.1 Å². The number of anilines is 1. The number of thiocarbonyl (C=S) groups is 1. The number of hydrogen-bond acceptors (Lipinski definition) is 4. The Morgan fingerprint density at radius 3 is 2.65 bits per heavy atom. The average molecular weight is 249 g/mol.